The molecule has 0 saturated heterocycles. The minimum absolute atomic E-state index is 1.01. The number of allylic oxidation sites excluding steroid dienone is 1. The summed E-state index contributed by atoms with van der Waals surface area (Å²) >= 11 is 0. The molecular weight excluding hydrogens is 132 g/mol. The highest BCUT2D eigenvalue weighted by Crippen LogP contribution is 2.22. The Kier molecular flexibility index (Phi) is 1.30. The van der Waals surface area contributed by atoms with Crippen LogP contribution in [-0.4, -0.2) is 0 Å². The molecule has 0 heterocycles. The van der Waals surface area contributed by atoms with E-state index in [1.807, 2.05) is 12.1 Å². The summed E-state index contributed by atoms with van der Waals surface area (Å²) in [7, 11) is 0. The lowest BCUT2D eigenvalue weighted by Gasteiger charge is -1.99. The molecule has 0 bridgehead atoms. The first-order valence-electron chi connectivity index (χ1n) is 3.67. The van der Waals surface area contributed by atoms with Gasteiger partial charge in [0.05, 0.1) is 0 Å². The van der Waals surface area contributed by atoms with E-state index in [9.17, 15) is 0 Å². The molecule has 11 heavy (non-hydrogen) atoms. The average molecular weight is 140 g/mol. The summed E-state index contributed by atoms with van der Waals surface area (Å²) in [5.41, 5.74) is 3.59. The van der Waals surface area contributed by atoms with E-state index in [0.29, 0.717) is 0 Å². The van der Waals surface area contributed by atoms with Gasteiger partial charge in [-0.25, -0.2) is 0 Å². The molecule has 0 spiro atoms. The lowest BCUT2D eigenvalue weighted by atomic mass is 10.0. The van der Waals surface area contributed by atoms with E-state index in [-0.39, 0.29) is 0 Å². The zero-order valence-corrected chi connectivity index (χ0v) is 6.17. The van der Waals surface area contributed by atoms with E-state index in [0.717, 1.165) is 12.0 Å². The fraction of sp³-hybridized carbons (Fsp3) is 0.0909. The van der Waals surface area contributed by atoms with E-state index in [1.54, 1.807) is 0 Å². The van der Waals surface area contributed by atoms with Crippen LogP contribution >= 0.6 is 0 Å². The topological polar surface area (TPSA) is 0 Å². The monoisotopic (exact) mass is 140 g/mol. The van der Waals surface area contributed by atoms with Gasteiger partial charge < -0.3 is 0 Å². The van der Waals surface area contributed by atoms with Gasteiger partial charge in [-0.15, -0.1) is 6.42 Å². The number of fused-ring (bicyclic) bond motifs is 1. The molecule has 0 radical (unpaired) electrons. The SMILES string of the molecule is C#Cc1cccc2c1C=CC2. The summed E-state index contributed by atoms with van der Waals surface area (Å²) in [6.45, 7) is 0. The van der Waals surface area contributed by atoms with E-state index in [1.165, 1.54) is 11.1 Å². The molecule has 0 unspecified atom stereocenters. The van der Waals surface area contributed by atoms with E-state index >= 15 is 0 Å². The fourth-order valence-electron chi connectivity index (χ4n) is 1.42. The normalized spacial score (nSPS) is 12.6. The quantitative estimate of drug-likeness (QED) is 0.485. The van der Waals surface area contributed by atoms with Crippen molar-refractivity contribution in [3.8, 4) is 12.3 Å². The lowest BCUT2D eigenvalue weighted by Crippen LogP contribution is -1.84. The van der Waals surface area contributed by atoms with Crippen molar-refractivity contribution in [1.82, 2.24) is 0 Å². The standard InChI is InChI=1S/C11H8/c1-2-9-5-3-6-10-7-4-8-11(9)10/h1,3-6,8H,7H2. The van der Waals surface area contributed by atoms with Crippen molar-refractivity contribution < 1.29 is 0 Å². The predicted octanol–water partition coefficient (Wildman–Crippen LogP) is 2.24. The molecule has 2 rings (SSSR count). The first-order valence-corrected chi connectivity index (χ1v) is 3.67. The molecule has 0 aliphatic heterocycles. The summed E-state index contributed by atoms with van der Waals surface area (Å²) in [6, 6.07) is 6.12. The van der Waals surface area contributed by atoms with Crippen LogP contribution in [0.15, 0.2) is 24.3 Å². The van der Waals surface area contributed by atoms with Gasteiger partial charge >= 0.3 is 0 Å². The molecule has 52 valence electrons. The van der Waals surface area contributed by atoms with Crippen LogP contribution in [-0.2, 0) is 6.42 Å². The molecule has 0 atom stereocenters. The van der Waals surface area contributed by atoms with Gasteiger partial charge in [0.25, 0.3) is 0 Å². The van der Waals surface area contributed by atoms with Crippen molar-refractivity contribution in [2.75, 3.05) is 0 Å². The first kappa shape index (κ1) is 6.24. The van der Waals surface area contributed by atoms with Gasteiger partial charge in [0.15, 0.2) is 0 Å². The lowest BCUT2D eigenvalue weighted by molar-refractivity contribution is 1.31. The maximum Gasteiger partial charge on any atom is 0.0317 e. The van der Waals surface area contributed by atoms with E-state index in [4.69, 9.17) is 6.42 Å². The van der Waals surface area contributed by atoms with Gasteiger partial charge in [0, 0.05) is 5.56 Å². The third kappa shape index (κ3) is 0.860. The van der Waals surface area contributed by atoms with E-state index in [2.05, 4.69) is 24.1 Å². The third-order valence-corrected chi connectivity index (χ3v) is 1.97. The molecule has 1 aliphatic rings. The van der Waals surface area contributed by atoms with Crippen LogP contribution in [0.4, 0.5) is 0 Å². The molecule has 0 saturated carbocycles. The Morgan fingerprint density at radius 2 is 2.27 bits per heavy atom. The highest BCUT2D eigenvalue weighted by molar-refractivity contribution is 5.66. The van der Waals surface area contributed by atoms with Crippen molar-refractivity contribution in [3.63, 3.8) is 0 Å². The Morgan fingerprint density at radius 3 is 3.09 bits per heavy atom. The van der Waals surface area contributed by atoms with Crippen LogP contribution in [0.3, 0.4) is 0 Å². The molecule has 1 aromatic carbocycles. The molecule has 1 aromatic rings. The number of hydrogen-bond donors (Lipinski definition) is 0. The summed E-state index contributed by atoms with van der Waals surface area (Å²) in [4.78, 5) is 0. The Bertz CT molecular complexity index is 351. The summed E-state index contributed by atoms with van der Waals surface area (Å²) in [5.74, 6) is 2.68. The molecule has 0 nitrogen and oxygen atoms in total. The fourth-order valence-corrected chi connectivity index (χ4v) is 1.42. The number of benzene rings is 1. The molecule has 0 amide bonds. The molecule has 0 fully saturated rings. The predicted molar refractivity (Wildman–Crippen MR) is 47.1 cm³/mol. The smallest absolute Gasteiger partial charge is 0.0317 e. The van der Waals surface area contributed by atoms with Gasteiger partial charge in [-0.3, -0.25) is 0 Å². The van der Waals surface area contributed by atoms with Crippen molar-refractivity contribution in [2.45, 2.75) is 6.42 Å². The van der Waals surface area contributed by atoms with Gasteiger partial charge in [0.1, 0.15) is 0 Å². The maximum absolute atomic E-state index is 5.34. The summed E-state index contributed by atoms with van der Waals surface area (Å²) in [6.07, 6.45) is 10.6. The first-order chi connectivity index (χ1) is 5.42. The van der Waals surface area contributed by atoms with Crippen molar-refractivity contribution >= 4 is 6.08 Å². The molecule has 0 N–H and O–H groups in total. The number of terminal acetylenes is 1. The molecule has 1 aliphatic carbocycles. The Balaban J connectivity index is 2.69. The highest BCUT2D eigenvalue weighted by atomic mass is 14.1. The second kappa shape index (κ2) is 2.29. The van der Waals surface area contributed by atoms with Crippen LogP contribution in [0, 0.1) is 12.3 Å². The van der Waals surface area contributed by atoms with Gasteiger partial charge in [-0.2, -0.15) is 0 Å². The van der Waals surface area contributed by atoms with Crippen molar-refractivity contribution in [3.05, 3.63) is 41.0 Å². The van der Waals surface area contributed by atoms with E-state index < -0.39 is 0 Å². The number of rotatable bonds is 0. The van der Waals surface area contributed by atoms with Crippen LogP contribution < -0.4 is 0 Å². The second-order valence-electron chi connectivity index (χ2n) is 2.63. The Labute approximate surface area is 66.6 Å². The highest BCUT2D eigenvalue weighted by Gasteiger charge is 2.06. The third-order valence-electron chi connectivity index (χ3n) is 1.97. The minimum Gasteiger partial charge on any atom is -0.115 e. The van der Waals surface area contributed by atoms with Crippen molar-refractivity contribution in [1.29, 1.82) is 0 Å². The van der Waals surface area contributed by atoms with Crippen LogP contribution in [0.5, 0.6) is 0 Å². The van der Waals surface area contributed by atoms with Gasteiger partial charge in [-0.1, -0.05) is 30.2 Å². The number of hydrogen-bond acceptors (Lipinski definition) is 0. The van der Waals surface area contributed by atoms with Gasteiger partial charge in [-0.05, 0) is 23.6 Å². The largest absolute Gasteiger partial charge is 0.115 e. The zero-order valence-electron chi connectivity index (χ0n) is 6.17. The summed E-state index contributed by atoms with van der Waals surface area (Å²) in [5, 5.41) is 0. The zero-order chi connectivity index (χ0) is 7.68. The Morgan fingerprint density at radius 1 is 1.36 bits per heavy atom. The Hall–Kier alpha value is -1.48. The van der Waals surface area contributed by atoms with Crippen LogP contribution in [0.1, 0.15) is 16.7 Å². The molecule has 0 aromatic heterocycles. The van der Waals surface area contributed by atoms with Crippen LogP contribution in [0.25, 0.3) is 6.08 Å². The molecule has 0 heteroatoms. The van der Waals surface area contributed by atoms with Crippen LogP contribution in [0.2, 0.25) is 0 Å². The molecular formula is C11H8. The van der Waals surface area contributed by atoms with Crippen molar-refractivity contribution in [2.24, 2.45) is 0 Å². The average Bonchev–Trinajstić information content (AvgIpc) is 2.50. The maximum atomic E-state index is 5.34. The minimum atomic E-state index is 1.01. The second-order valence-corrected chi connectivity index (χ2v) is 2.63. The summed E-state index contributed by atoms with van der Waals surface area (Å²) < 4.78 is 0. The van der Waals surface area contributed by atoms with Gasteiger partial charge in [0.2, 0.25) is 0 Å².